The lowest BCUT2D eigenvalue weighted by Gasteiger charge is -2.32. The Morgan fingerprint density at radius 1 is 1.17 bits per heavy atom. The second kappa shape index (κ2) is 8.26. The number of likely N-dealkylation sites (tertiary alicyclic amines) is 1. The molecule has 130 valence electrons. The maximum Gasteiger partial charge on any atom is 0.225 e. The number of piperidine rings is 1. The molecule has 6 heteroatoms. The maximum absolute atomic E-state index is 12.3. The highest BCUT2D eigenvalue weighted by Crippen LogP contribution is 2.32. The Morgan fingerprint density at radius 2 is 1.92 bits per heavy atom. The van der Waals surface area contributed by atoms with Crippen molar-refractivity contribution in [2.75, 3.05) is 25.4 Å². The molecule has 1 aromatic rings. The first-order valence-corrected chi connectivity index (χ1v) is 9.94. The highest BCUT2D eigenvalue weighted by molar-refractivity contribution is 7.99. The topological polar surface area (TPSA) is 49.4 Å². The zero-order chi connectivity index (χ0) is 16.9. The van der Waals surface area contributed by atoms with Gasteiger partial charge in [0.25, 0.3) is 0 Å². The van der Waals surface area contributed by atoms with E-state index in [2.05, 4.69) is 5.32 Å². The standard InChI is InChI=1S/C18H23ClN2O2S/c19-15-5-7-16(8-6-15)24-11-9-20-17(22)14-2-1-10-21(12-14)18(23)13-3-4-13/h5-8,13-14H,1-4,9-12H2,(H,20,22)/t14-/m0/s1. The van der Waals surface area contributed by atoms with Gasteiger partial charge < -0.3 is 10.2 Å². The van der Waals surface area contributed by atoms with E-state index < -0.39 is 0 Å². The molecule has 3 rings (SSSR count). The second-order valence-corrected chi connectivity index (χ2v) is 8.10. The predicted molar refractivity (Wildman–Crippen MR) is 97.2 cm³/mol. The zero-order valence-corrected chi connectivity index (χ0v) is 15.2. The molecule has 2 amide bonds. The van der Waals surface area contributed by atoms with E-state index in [9.17, 15) is 9.59 Å². The molecular weight excluding hydrogens is 344 g/mol. The van der Waals surface area contributed by atoms with Crippen LogP contribution in [0.3, 0.4) is 0 Å². The van der Waals surface area contributed by atoms with Crippen LogP contribution >= 0.6 is 23.4 Å². The van der Waals surface area contributed by atoms with Gasteiger partial charge in [-0.3, -0.25) is 9.59 Å². The molecule has 0 aromatic heterocycles. The van der Waals surface area contributed by atoms with Gasteiger partial charge in [-0.1, -0.05) is 11.6 Å². The lowest BCUT2D eigenvalue weighted by molar-refractivity contribution is -0.136. The summed E-state index contributed by atoms with van der Waals surface area (Å²) < 4.78 is 0. The molecule has 2 fully saturated rings. The molecule has 1 aliphatic heterocycles. The molecule has 0 unspecified atom stereocenters. The van der Waals surface area contributed by atoms with Crippen molar-refractivity contribution < 1.29 is 9.59 Å². The largest absolute Gasteiger partial charge is 0.355 e. The van der Waals surface area contributed by atoms with Crippen molar-refractivity contribution in [2.24, 2.45) is 11.8 Å². The summed E-state index contributed by atoms with van der Waals surface area (Å²) in [6.45, 7) is 2.04. The monoisotopic (exact) mass is 366 g/mol. The molecule has 0 bridgehead atoms. The minimum Gasteiger partial charge on any atom is -0.355 e. The van der Waals surface area contributed by atoms with Crippen LogP contribution < -0.4 is 5.32 Å². The third kappa shape index (κ3) is 4.90. The minimum atomic E-state index is -0.0537. The number of thioether (sulfide) groups is 1. The summed E-state index contributed by atoms with van der Waals surface area (Å²) in [6.07, 6.45) is 3.85. The van der Waals surface area contributed by atoms with Gasteiger partial charge in [0, 0.05) is 41.2 Å². The molecule has 1 aromatic carbocycles. The molecule has 4 nitrogen and oxygen atoms in total. The SMILES string of the molecule is O=C(NCCSc1ccc(Cl)cc1)[C@H]1CCCN(C(=O)C2CC2)C1. The van der Waals surface area contributed by atoms with Crippen LogP contribution in [0.5, 0.6) is 0 Å². The van der Waals surface area contributed by atoms with Crippen molar-refractivity contribution in [1.82, 2.24) is 10.2 Å². The number of rotatable bonds is 6. The lowest BCUT2D eigenvalue weighted by atomic mass is 9.97. The number of hydrogen-bond donors (Lipinski definition) is 1. The number of nitrogens with one attached hydrogen (secondary N) is 1. The summed E-state index contributed by atoms with van der Waals surface area (Å²) >= 11 is 7.56. The normalized spacial score (nSPS) is 20.7. The van der Waals surface area contributed by atoms with E-state index in [4.69, 9.17) is 11.6 Å². The Hall–Kier alpha value is -1.20. The van der Waals surface area contributed by atoms with E-state index in [0.29, 0.717) is 13.1 Å². The van der Waals surface area contributed by atoms with Gasteiger partial charge in [0.2, 0.25) is 11.8 Å². The Bertz CT molecular complexity index is 589. The Morgan fingerprint density at radius 3 is 2.62 bits per heavy atom. The molecule has 1 atom stereocenters. The quantitative estimate of drug-likeness (QED) is 0.621. The number of nitrogens with zero attached hydrogens (tertiary/aromatic N) is 1. The summed E-state index contributed by atoms with van der Waals surface area (Å²) in [4.78, 5) is 27.5. The van der Waals surface area contributed by atoms with Gasteiger partial charge >= 0.3 is 0 Å². The highest BCUT2D eigenvalue weighted by Gasteiger charge is 2.36. The molecule has 0 spiro atoms. The molecule has 2 aliphatic rings. The third-order valence-electron chi connectivity index (χ3n) is 4.51. The highest BCUT2D eigenvalue weighted by atomic mass is 35.5. The van der Waals surface area contributed by atoms with Crippen molar-refractivity contribution >= 4 is 35.2 Å². The number of benzene rings is 1. The number of carbonyl (C=O) groups excluding carboxylic acids is 2. The van der Waals surface area contributed by atoms with Crippen molar-refractivity contribution in [2.45, 2.75) is 30.6 Å². The van der Waals surface area contributed by atoms with Crippen LogP contribution in [-0.2, 0) is 9.59 Å². The van der Waals surface area contributed by atoms with Crippen LogP contribution in [0.15, 0.2) is 29.2 Å². The van der Waals surface area contributed by atoms with E-state index in [1.807, 2.05) is 29.2 Å². The van der Waals surface area contributed by atoms with E-state index in [-0.39, 0.29) is 23.7 Å². The molecular formula is C18H23ClN2O2S. The van der Waals surface area contributed by atoms with E-state index in [1.54, 1.807) is 11.8 Å². The average molecular weight is 367 g/mol. The first kappa shape index (κ1) is 17.6. The van der Waals surface area contributed by atoms with E-state index in [1.165, 1.54) is 0 Å². The fraction of sp³-hybridized carbons (Fsp3) is 0.556. The van der Waals surface area contributed by atoms with Crippen LogP contribution in [0.1, 0.15) is 25.7 Å². The zero-order valence-electron chi connectivity index (χ0n) is 13.7. The first-order chi connectivity index (χ1) is 11.6. The van der Waals surface area contributed by atoms with Crippen LogP contribution in [0.4, 0.5) is 0 Å². The van der Waals surface area contributed by atoms with Crippen LogP contribution in [-0.4, -0.2) is 42.1 Å². The van der Waals surface area contributed by atoms with Crippen molar-refractivity contribution in [3.05, 3.63) is 29.3 Å². The van der Waals surface area contributed by atoms with Gasteiger partial charge in [-0.05, 0) is 49.9 Å². The maximum atomic E-state index is 12.3. The van der Waals surface area contributed by atoms with Crippen molar-refractivity contribution in [1.29, 1.82) is 0 Å². The fourth-order valence-corrected chi connectivity index (χ4v) is 3.89. The lowest BCUT2D eigenvalue weighted by Crippen LogP contribution is -2.46. The number of amides is 2. The molecule has 0 radical (unpaired) electrons. The number of hydrogen-bond acceptors (Lipinski definition) is 3. The van der Waals surface area contributed by atoms with Crippen LogP contribution in [0, 0.1) is 11.8 Å². The number of halogens is 1. The summed E-state index contributed by atoms with van der Waals surface area (Å²) in [5, 5.41) is 3.75. The molecule has 1 heterocycles. The fourth-order valence-electron chi connectivity index (χ4n) is 3.00. The summed E-state index contributed by atoms with van der Waals surface area (Å²) in [7, 11) is 0. The number of carbonyl (C=O) groups is 2. The summed E-state index contributed by atoms with van der Waals surface area (Å²) in [5.74, 6) is 1.35. The Labute approximate surface area is 152 Å². The molecule has 1 aliphatic carbocycles. The Balaban J connectivity index is 1.38. The smallest absolute Gasteiger partial charge is 0.225 e. The van der Waals surface area contributed by atoms with Crippen molar-refractivity contribution in [3.63, 3.8) is 0 Å². The first-order valence-electron chi connectivity index (χ1n) is 8.58. The van der Waals surface area contributed by atoms with Crippen LogP contribution in [0.25, 0.3) is 0 Å². The van der Waals surface area contributed by atoms with Gasteiger partial charge in [0.15, 0.2) is 0 Å². The van der Waals surface area contributed by atoms with Gasteiger partial charge in [-0.25, -0.2) is 0 Å². The van der Waals surface area contributed by atoms with E-state index >= 15 is 0 Å². The molecule has 1 saturated carbocycles. The molecule has 1 saturated heterocycles. The molecule has 1 N–H and O–H groups in total. The van der Waals surface area contributed by atoms with E-state index in [0.717, 1.165) is 47.9 Å². The second-order valence-electron chi connectivity index (χ2n) is 6.49. The van der Waals surface area contributed by atoms with Gasteiger partial charge in [0.1, 0.15) is 0 Å². The van der Waals surface area contributed by atoms with Crippen LogP contribution in [0.2, 0.25) is 5.02 Å². The Kier molecular flexibility index (Phi) is 6.06. The summed E-state index contributed by atoms with van der Waals surface area (Å²) in [6, 6.07) is 7.71. The van der Waals surface area contributed by atoms with Gasteiger partial charge in [-0.15, -0.1) is 11.8 Å². The predicted octanol–water partition coefficient (Wildman–Crippen LogP) is 3.20. The minimum absolute atomic E-state index is 0.0537. The average Bonchev–Trinajstić information content (AvgIpc) is 3.44. The van der Waals surface area contributed by atoms with Gasteiger partial charge in [-0.2, -0.15) is 0 Å². The van der Waals surface area contributed by atoms with Crippen molar-refractivity contribution in [3.8, 4) is 0 Å². The third-order valence-corrected chi connectivity index (χ3v) is 5.78. The molecule has 24 heavy (non-hydrogen) atoms. The van der Waals surface area contributed by atoms with Gasteiger partial charge in [0.05, 0.1) is 5.92 Å². The summed E-state index contributed by atoms with van der Waals surface area (Å²) in [5.41, 5.74) is 0.